The van der Waals surface area contributed by atoms with Crippen molar-refractivity contribution in [2.45, 2.75) is 12.8 Å². The summed E-state index contributed by atoms with van der Waals surface area (Å²) >= 11 is 0. The fraction of sp³-hybridized carbons (Fsp3) is 0.250. The van der Waals surface area contributed by atoms with Crippen molar-refractivity contribution < 1.29 is 0 Å². The maximum Gasteiger partial charge on any atom is 0.130 e. The number of rotatable bonds is 2. The number of hydrogen-bond donors (Lipinski definition) is 0. The first-order chi connectivity index (χ1) is 9.92. The number of nitrogens with zero attached hydrogens (tertiary/aromatic N) is 4. The van der Waals surface area contributed by atoms with E-state index in [1.54, 1.807) is 0 Å². The smallest absolute Gasteiger partial charge is 0.130 e. The fourth-order valence-corrected chi connectivity index (χ4v) is 2.84. The molecule has 1 saturated heterocycles. The third-order valence-electron chi connectivity index (χ3n) is 3.88. The molecule has 4 rings (SSSR count). The summed E-state index contributed by atoms with van der Waals surface area (Å²) in [5, 5.41) is 5.66. The Labute approximate surface area is 117 Å². The number of anilines is 1. The molecular weight excluding hydrogens is 248 g/mol. The van der Waals surface area contributed by atoms with Crippen molar-refractivity contribution in [1.29, 1.82) is 0 Å². The van der Waals surface area contributed by atoms with Crippen LogP contribution in [0.15, 0.2) is 48.8 Å². The molecule has 0 aliphatic carbocycles. The minimum atomic E-state index is 1.06. The molecule has 3 aromatic rings. The molecule has 1 aromatic carbocycles. The van der Waals surface area contributed by atoms with Gasteiger partial charge in [0, 0.05) is 30.7 Å². The van der Waals surface area contributed by atoms with E-state index in [-0.39, 0.29) is 0 Å². The standard InChI is InChI=1S/C16H16N4/c1-2-6-15-13(5-1)12-18-20(15)14-7-8-17-16(11-14)19-9-3-4-10-19/h1-2,5-8,11-12H,3-4,9-10H2. The Morgan fingerprint density at radius 2 is 1.85 bits per heavy atom. The van der Waals surface area contributed by atoms with E-state index < -0.39 is 0 Å². The first-order valence-corrected chi connectivity index (χ1v) is 7.06. The number of para-hydroxylation sites is 1. The monoisotopic (exact) mass is 264 g/mol. The van der Waals surface area contributed by atoms with Gasteiger partial charge >= 0.3 is 0 Å². The third kappa shape index (κ3) is 1.84. The summed E-state index contributed by atoms with van der Waals surface area (Å²) in [6.07, 6.45) is 6.30. The highest BCUT2D eigenvalue weighted by atomic mass is 15.3. The lowest BCUT2D eigenvalue weighted by Gasteiger charge is -2.16. The fourth-order valence-electron chi connectivity index (χ4n) is 2.84. The summed E-state index contributed by atoms with van der Waals surface area (Å²) in [7, 11) is 0. The lowest BCUT2D eigenvalue weighted by atomic mass is 10.2. The predicted molar refractivity (Wildman–Crippen MR) is 80.3 cm³/mol. The number of hydrogen-bond acceptors (Lipinski definition) is 3. The number of fused-ring (bicyclic) bond motifs is 1. The second kappa shape index (κ2) is 4.63. The summed E-state index contributed by atoms with van der Waals surface area (Å²) in [6, 6.07) is 12.4. The molecule has 4 nitrogen and oxygen atoms in total. The Kier molecular flexibility index (Phi) is 2.66. The topological polar surface area (TPSA) is 34.0 Å². The van der Waals surface area contributed by atoms with Crippen molar-refractivity contribution in [3.63, 3.8) is 0 Å². The summed E-state index contributed by atoms with van der Waals surface area (Å²) in [5.41, 5.74) is 2.20. The van der Waals surface area contributed by atoms with Crippen molar-refractivity contribution >= 4 is 16.7 Å². The molecule has 0 N–H and O–H groups in total. The Morgan fingerprint density at radius 1 is 1.00 bits per heavy atom. The molecule has 0 atom stereocenters. The molecule has 4 heteroatoms. The Hall–Kier alpha value is -2.36. The van der Waals surface area contributed by atoms with Crippen LogP contribution in [0.1, 0.15) is 12.8 Å². The van der Waals surface area contributed by atoms with Gasteiger partial charge in [0.2, 0.25) is 0 Å². The molecule has 0 amide bonds. The highest BCUT2D eigenvalue weighted by Crippen LogP contribution is 2.22. The van der Waals surface area contributed by atoms with E-state index >= 15 is 0 Å². The van der Waals surface area contributed by atoms with Gasteiger partial charge in [-0.3, -0.25) is 0 Å². The van der Waals surface area contributed by atoms with Crippen LogP contribution < -0.4 is 4.90 Å². The van der Waals surface area contributed by atoms with Crippen LogP contribution in [0.25, 0.3) is 16.6 Å². The Bertz CT molecular complexity index is 741. The van der Waals surface area contributed by atoms with Crippen LogP contribution in [0.2, 0.25) is 0 Å². The molecule has 0 radical (unpaired) electrons. The van der Waals surface area contributed by atoms with Crippen molar-refractivity contribution in [2.24, 2.45) is 0 Å². The molecule has 0 saturated carbocycles. The van der Waals surface area contributed by atoms with Crippen molar-refractivity contribution in [3.05, 3.63) is 48.8 Å². The van der Waals surface area contributed by atoms with E-state index in [0.717, 1.165) is 35.5 Å². The molecule has 100 valence electrons. The maximum atomic E-state index is 4.50. The summed E-state index contributed by atoms with van der Waals surface area (Å²) in [5.74, 6) is 1.06. The summed E-state index contributed by atoms with van der Waals surface area (Å²) in [4.78, 5) is 6.84. The van der Waals surface area contributed by atoms with Crippen molar-refractivity contribution in [3.8, 4) is 5.69 Å². The maximum absolute atomic E-state index is 4.50. The van der Waals surface area contributed by atoms with Gasteiger partial charge in [-0.2, -0.15) is 5.10 Å². The van der Waals surface area contributed by atoms with Gasteiger partial charge in [-0.15, -0.1) is 0 Å². The van der Waals surface area contributed by atoms with Crippen LogP contribution in [-0.2, 0) is 0 Å². The van der Waals surface area contributed by atoms with E-state index in [0.29, 0.717) is 0 Å². The van der Waals surface area contributed by atoms with E-state index in [4.69, 9.17) is 0 Å². The van der Waals surface area contributed by atoms with Gasteiger partial charge in [-0.05, 0) is 25.0 Å². The van der Waals surface area contributed by atoms with Gasteiger partial charge in [0.1, 0.15) is 5.82 Å². The largest absolute Gasteiger partial charge is 0.357 e. The molecule has 0 bridgehead atoms. The van der Waals surface area contributed by atoms with Gasteiger partial charge in [0.15, 0.2) is 0 Å². The Morgan fingerprint density at radius 3 is 2.75 bits per heavy atom. The minimum Gasteiger partial charge on any atom is -0.357 e. The van der Waals surface area contributed by atoms with Gasteiger partial charge in [0.05, 0.1) is 17.4 Å². The van der Waals surface area contributed by atoms with Crippen LogP contribution in [0.4, 0.5) is 5.82 Å². The summed E-state index contributed by atoms with van der Waals surface area (Å²) < 4.78 is 1.98. The minimum absolute atomic E-state index is 1.06. The molecule has 20 heavy (non-hydrogen) atoms. The highest BCUT2D eigenvalue weighted by molar-refractivity contribution is 5.80. The van der Waals surface area contributed by atoms with Gasteiger partial charge < -0.3 is 4.90 Å². The lowest BCUT2D eigenvalue weighted by molar-refractivity contribution is 0.892. The number of benzene rings is 1. The van der Waals surface area contributed by atoms with E-state index in [1.165, 1.54) is 12.8 Å². The molecule has 0 unspecified atom stereocenters. The zero-order valence-electron chi connectivity index (χ0n) is 11.2. The predicted octanol–water partition coefficient (Wildman–Crippen LogP) is 3.02. The quantitative estimate of drug-likeness (QED) is 0.713. The van der Waals surface area contributed by atoms with Crippen LogP contribution in [0.5, 0.6) is 0 Å². The molecule has 3 heterocycles. The third-order valence-corrected chi connectivity index (χ3v) is 3.88. The molecule has 0 spiro atoms. The van der Waals surface area contributed by atoms with Crippen molar-refractivity contribution in [2.75, 3.05) is 18.0 Å². The number of pyridine rings is 1. The first-order valence-electron chi connectivity index (χ1n) is 7.06. The van der Waals surface area contributed by atoms with Gasteiger partial charge in [0.25, 0.3) is 0 Å². The van der Waals surface area contributed by atoms with E-state index in [9.17, 15) is 0 Å². The average molecular weight is 264 g/mol. The zero-order chi connectivity index (χ0) is 13.4. The second-order valence-electron chi connectivity index (χ2n) is 5.18. The van der Waals surface area contributed by atoms with Gasteiger partial charge in [-0.25, -0.2) is 9.67 Å². The first kappa shape index (κ1) is 11.5. The van der Waals surface area contributed by atoms with Crippen LogP contribution in [0.3, 0.4) is 0 Å². The van der Waals surface area contributed by atoms with E-state index in [2.05, 4.69) is 33.2 Å². The van der Waals surface area contributed by atoms with Crippen LogP contribution >= 0.6 is 0 Å². The second-order valence-corrected chi connectivity index (χ2v) is 5.18. The van der Waals surface area contributed by atoms with Gasteiger partial charge in [-0.1, -0.05) is 18.2 Å². The summed E-state index contributed by atoms with van der Waals surface area (Å²) in [6.45, 7) is 2.21. The molecular formula is C16H16N4. The number of aromatic nitrogens is 3. The molecule has 1 aliphatic rings. The van der Waals surface area contributed by atoms with Crippen molar-refractivity contribution in [1.82, 2.24) is 14.8 Å². The SMILES string of the molecule is c1ccc2c(c1)cnn2-c1ccnc(N2CCCC2)c1. The molecule has 2 aromatic heterocycles. The molecule has 1 fully saturated rings. The van der Waals surface area contributed by atoms with Crippen LogP contribution in [-0.4, -0.2) is 27.9 Å². The highest BCUT2D eigenvalue weighted by Gasteiger charge is 2.14. The average Bonchev–Trinajstić information content (AvgIpc) is 3.17. The van der Waals surface area contributed by atoms with Crippen LogP contribution in [0, 0.1) is 0 Å². The normalized spacial score (nSPS) is 15.1. The Balaban J connectivity index is 1.80. The molecule has 1 aliphatic heterocycles. The van der Waals surface area contributed by atoms with E-state index in [1.807, 2.05) is 35.3 Å². The zero-order valence-corrected chi connectivity index (χ0v) is 11.2. The lowest BCUT2D eigenvalue weighted by Crippen LogP contribution is -2.19.